The number of rotatable bonds is 6. The minimum Gasteiger partial charge on any atom is -0.488 e. The topological polar surface area (TPSA) is 75.6 Å². The second-order valence-electron chi connectivity index (χ2n) is 6.12. The van der Waals surface area contributed by atoms with E-state index in [2.05, 4.69) is 5.32 Å². The lowest BCUT2D eigenvalue weighted by Gasteiger charge is -2.34. The van der Waals surface area contributed by atoms with Gasteiger partial charge in [-0.1, -0.05) is 23.7 Å². The van der Waals surface area contributed by atoms with E-state index >= 15 is 0 Å². The number of ether oxygens (including phenoxy) is 1. The summed E-state index contributed by atoms with van der Waals surface area (Å²) in [4.78, 5) is -0.165. The Bertz CT molecular complexity index is 939. The Kier molecular flexibility index (Phi) is 6.00. The number of benzene rings is 2. The zero-order valence-electron chi connectivity index (χ0n) is 14.2. The normalized spacial score (nSPS) is 19.4. The molecule has 0 spiro atoms. The van der Waals surface area contributed by atoms with Gasteiger partial charge in [-0.15, -0.1) is 0 Å². The Balaban J connectivity index is 2.15. The lowest BCUT2D eigenvalue weighted by atomic mass is 10.0. The molecule has 0 aromatic heterocycles. The monoisotopic (exact) mass is 417 g/mol. The van der Waals surface area contributed by atoms with E-state index in [0.717, 1.165) is 12.1 Å². The highest BCUT2D eigenvalue weighted by Crippen LogP contribution is 2.44. The van der Waals surface area contributed by atoms with Crippen LogP contribution in [0.15, 0.2) is 41.3 Å². The van der Waals surface area contributed by atoms with Crippen molar-refractivity contribution in [3.63, 3.8) is 0 Å². The summed E-state index contributed by atoms with van der Waals surface area (Å²) >= 11 is 6.07. The molecule has 3 rings (SSSR count). The molecule has 0 saturated carbocycles. The fraction of sp³-hybridized carbons (Fsp3) is 0.333. The smallest absolute Gasteiger partial charge is 0.188 e. The maximum Gasteiger partial charge on any atom is 0.188 e. The largest absolute Gasteiger partial charge is 0.488 e. The summed E-state index contributed by atoms with van der Waals surface area (Å²) in [5.41, 5.74) is -0.359. The van der Waals surface area contributed by atoms with Crippen molar-refractivity contribution < 1.29 is 27.0 Å². The first kappa shape index (κ1) is 20.0. The van der Waals surface area contributed by atoms with Gasteiger partial charge in [-0.2, -0.15) is 0 Å². The highest BCUT2D eigenvalue weighted by atomic mass is 35.5. The van der Waals surface area contributed by atoms with Crippen molar-refractivity contribution in [2.45, 2.75) is 22.6 Å². The van der Waals surface area contributed by atoms with Gasteiger partial charge in [0.05, 0.1) is 21.5 Å². The number of nitrogens with one attached hydrogen (secondary N) is 1. The highest BCUT2D eigenvalue weighted by Gasteiger charge is 2.44. The molecule has 2 atom stereocenters. The quantitative estimate of drug-likeness (QED) is 0.707. The van der Waals surface area contributed by atoms with Crippen LogP contribution in [0.1, 0.15) is 17.2 Å². The van der Waals surface area contributed by atoms with E-state index in [1.54, 1.807) is 6.07 Å². The van der Waals surface area contributed by atoms with Crippen LogP contribution >= 0.6 is 11.6 Å². The molecule has 0 aliphatic carbocycles. The van der Waals surface area contributed by atoms with Gasteiger partial charge in [0.2, 0.25) is 0 Å². The van der Waals surface area contributed by atoms with Gasteiger partial charge in [0, 0.05) is 6.61 Å². The minimum atomic E-state index is -4.18. The molecule has 0 saturated heterocycles. The summed E-state index contributed by atoms with van der Waals surface area (Å²) in [5, 5.41) is 10.5. The van der Waals surface area contributed by atoms with Crippen LogP contribution in [0.2, 0.25) is 5.02 Å². The Hall–Kier alpha value is -1.74. The first-order valence-corrected chi connectivity index (χ1v) is 10.2. The summed E-state index contributed by atoms with van der Waals surface area (Å²) < 4.78 is 60.8. The molecule has 0 fully saturated rings. The average molecular weight is 418 g/mol. The molecule has 0 radical (unpaired) electrons. The van der Waals surface area contributed by atoms with Crippen LogP contribution in [0.4, 0.5) is 8.78 Å². The molecule has 0 bridgehead atoms. The molecule has 27 heavy (non-hydrogen) atoms. The molecule has 1 heterocycles. The van der Waals surface area contributed by atoms with Crippen LogP contribution < -0.4 is 10.1 Å². The third kappa shape index (κ3) is 3.80. The van der Waals surface area contributed by atoms with Crippen LogP contribution in [0, 0.1) is 11.6 Å². The van der Waals surface area contributed by atoms with E-state index < -0.39 is 38.5 Å². The molecule has 2 aromatic carbocycles. The maximum absolute atomic E-state index is 14.6. The molecule has 9 heteroatoms. The molecule has 146 valence electrons. The molecule has 0 amide bonds. The molecule has 2 aromatic rings. The summed E-state index contributed by atoms with van der Waals surface area (Å²) in [6, 6.07) is 6.77. The van der Waals surface area contributed by atoms with Crippen LogP contribution in [0.25, 0.3) is 0 Å². The molecule has 1 aliphatic rings. The van der Waals surface area contributed by atoms with Gasteiger partial charge >= 0.3 is 0 Å². The van der Waals surface area contributed by atoms with Gasteiger partial charge in [-0.05, 0) is 37.2 Å². The predicted octanol–water partition coefficient (Wildman–Crippen LogP) is 2.87. The van der Waals surface area contributed by atoms with E-state index in [9.17, 15) is 17.2 Å². The minimum absolute atomic E-state index is 0.00328. The van der Waals surface area contributed by atoms with Crippen LogP contribution in [-0.2, 0) is 9.84 Å². The van der Waals surface area contributed by atoms with E-state index in [4.69, 9.17) is 21.4 Å². The third-order valence-electron chi connectivity index (χ3n) is 4.37. The summed E-state index contributed by atoms with van der Waals surface area (Å²) in [6.45, 7) is 0.0145. The first-order valence-electron chi connectivity index (χ1n) is 8.31. The highest BCUT2D eigenvalue weighted by molar-refractivity contribution is 7.91. The van der Waals surface area contributed by atoms with Gasteiger partial charge in [0.1, 0.15) is 17.7 Å². The second-order valence-corrected chi connectivity index (χ2v) is 8.56. The molecular weight excluding hydrogens is 400 g/mol. The summed E-state index contributed by atoms with van der Waals surface area (Å²) in [6.07, 6.45) is 0.369. The molecule has 5 nitrogen and oxygen atoms in total. The zero-order chi connectivity index (χ0) is 19.6. The molecule has 2 unspecified atom stereocenters. The molecular formula is C18H18ClF2NO4S. The summed E-state index contributed by atoms with van der Waals surface area (Å²) in [7, 11) is -4.18. The average Bonchev–Trinajstić information content (AvgIpc) is 2.65. The lowest BCUT2D eigenvalue weighted by Crippen LogP contribution is -2.46. The van der Waals surface area contributed by atoms with Crippen molar-refractivity contribution in [1.82, 2.24) is 5.32 Å². The number of aliphatic hydroxyl groups excluding tert-OH is 1. The summed E-state index contributed by atoms with van der Waals surface area (Å²) in [5.74, 6) is -2.11. The predicted molar refractivity (Wildman–Crippen MR) is 96.7 cm³/mol. The molecule has 2 N–H and O–H groups in total. The van der Waals surface area contributed by atoms with Crippen molar-refractivity contribution in [1.29, 1.82) is 0 Å². The van der Waals surface area contributed by atoms with E-state index in [1.165, 1.54) is 18.2 Å². The van der Waals surface area contributed by atoms with Gasteiger partial charge < -0.3 is 15.2 Å². The number of halogens is 3. The van der Waals surface area contributed by atoms with Gasteiger partial charge in [-0.3, -0.25) is 0 Å². The van der Waals surface area contributed by atoms with Gasteiger partial charge in [0.25, 0.3) is 0 Å². The fourth-order valence-corrected chi connectivity index (χ4v) is 5.62. The van der Waals surface area contributed by atoms with E-state index in [1.807, 2.05) is 0 Å². The number of fused-ring (bicyclic) bond motifs is 1. The Morgan fingerprint density at radius 3 is 2.59 bits per heavy atom. The van der Waals surface area contributed by atoms with E-state index in [-0.39, 0.29) is 35.2 Å². The zero-order valence-corrected chi connectivity index (χ0v) is 15.7. The molecule has 1 aliphatic heterocycles. The van der Waals surface area contributed by atoms with Crippen molar-refractivity contribution in [2.75, 3.05) is 19.8 Å². The van der Waals surface area contributed by atoms with Crippen molar-refractivity contribution >= 4 is 21.4 Å². The maximum atomic E-state index is 14.6. The lowest BCUT2D eigenvalue weighted by molar-refractivity contribution is 0.214. The first-order chi connectivity index (χ1) is 12.9. The van der Waals surface area contributed by atoms with Gasteiger partial charge in [-0.25, -0.2) is 17.2 Å². The third-order valence-corrected chi connectivity index (χ3v) is 7.01. The Morgan fingerprint density at radius 2 is 1.89 bits per heavy atom. The Morgan fingerprint density at radius 1 is 1.19 bits per heavy atom. The number of sulfone groups is 1. The van der Waals surface area contributed by atoms with Crippen LogP contribution in [0.5, 0.6) is 5.75 Å². The number of aliphatic hydroxyl groups is 1. The van der Waals surface area contributed by atoms with Crippen molar-refractivity contribution in [3.05, 3.63) is 58.6 Å². The number of hydrogen-bond acceptors (Lipinski definition) is 5. The SMILES string of the molecule is O=S(=O)(c1ccccc1Cl)C1c2c(F)ccc(F)c2OCC1NCCCO. The second kappa shape index (κ2) is 8.10. The van der Waals surface area contributed by atoms with Gasteiger partial charge in [0.15, 0.2) is 21.4 Å². The standard InChI is InChI=1S/C18H18ClF2NO4S/c19-11-4-1-2-5-15(11)27(24,25)18-14(22-8-3-9-23)10-26-17-13(21)7-6-12(20)16(17)18/h1-2,4-7,14,18,22-23H,3,8-10H2. The Labute approximate surface area is 160 Å². The van der Waals surface area contributed by atoms with Crippen molar-refractivity contribution in [2.24, 2.45) is 0 Å². The van der Waals surface area contributed by atoms with Crippen LogP contribution in [-0.4, -0.2) is 39.3 Å². The fourth-order valence-electron chi connectivity index (χ4n) is 3.14. The van der Waals surface area contributed by atoms with E-state index in [0.29, 0.717) is 6.42 Å². The van der Waals surface area contributed by atoms with Crippen molar-refractivity contribution in [3.8, 4) is 5.75 Å². The van der Waals surface area contributed by atoms with Crippen LogP contribution in [0.3, 0.4) is 0 Å². The number of hydrogen-bond donors (Lipinski definition) is 2.